The summed E-state index contributed by atoms with van der Waals surface area (Å²) in [7, 11) is 0. The maximum absolute atomic E-state index is 4.03. The highest BCUT2D eigenvalue weighted by molar-refractivity contribution is 5.12. The van der Waals surface area contributed by atoms with Gasteiger partial charge in [0.15, 0.2) is 0 Å². The minimum atomic E-state index is 0.533. The summed E-state index contributed by atoms with van der Waals surface area (Å²) in [6.45, 7) is 6.30. The SMILES string of the molecule is CC(C)NCc1ccn(CCc2ccncc2)c1. The molecule has 2 heterocycles. The summed E-state index contributed by atoms with van der Waals surface area (Å²) in [6, 6.07) is 6.86. The lowest BCUT2D eigenvalue weighted by Gasteiger charge is -2.06. The van der Waals surface area contributed by atoms with Crippen molar-refractivity contribution in [2.45, 2.75) is 39.4 Å². The Morgan fingerprint density at radius 1 is 1.17 bits per heavy atom. The number of pyridine rings is 1. The van der Waals surface area contributed by atoms with E-state index >= 15 is 0 Å². The quantitative estimate of drug-likeness (QED) is 0.845. The third kappa shape index (κ3) is 4.00. The number of rotatable bonds is 6. The third-order valence-corrected chi connectivity index (χ3v) is 2.93. The van der Waals surface area contributed by atoms with E-state index in [1.807, 2.05) is 12.4 Å². The molecule has 2 aromatic rings. The lowest BCUT2D eigenvalue weighted by Crippen LogP contribution is -2.21. The Bertz CT molecular complexity index is 460. The van der Waals surface area contributed by atoms with Gasteiger partial charge in [0, 0.05) is 43.9 Å². The number of hydrogen-bond donors (Lipinski definition) is 1. The number of nitrogens with one attached hydrogen (secondary N) is 1. The second-order valence-electron chi connectivity index (χ2n) is 4.90. The van der Waals surface area contributed by atoms with Crippen LogP contribution in [0.4, 0.5) is 0 Å². The van der Waals surface area contributed by atoms with Gasteiger partial charge in [-0.2, -0.15) is 0 Å². The summed E-state index contributed by atoms with van der Waals surface area (Å²) in [5, 5.41) is 3.43. The molecule has 0 aliphatic rings. The molecule has 1 N–H and O–H groups in total. The molecule has 0 spiro atoms. The monoisotopic (exact) mass is 243 g/mol. The van der Waals surface area contributed by atoms with E-state index in [-0.39, 0.29) is 0 Å². The Balaban J connectivity index is 1.83. The van der Waals surface area contributed by atoms with E-state index in [9.17, 15) is 0 Å². The maximum Gasteiger partial charge on any atom is 0.0270 e. The third-order valence-electron chi connectivity index (χ3n) is 2.93. The van der Waals surface area contributed by atoms with E-state index in [1.165, 1.54) is 11.1 Å². The van der Waals surface area contributed by atoms with Crippen LogP contribution in [-0.4, -0.2) is 15.6 Å². The summed E-state index contributed by atoms with van der Waals surface area (Å²) >= 11 is 0. The van der Waals surface area contributed by atoms with Gasteiger partial charge in [0.05, 0.1) is 0 Å². The highest BCUT2D eigenvalue weighted by Gasteiger charge is 1.99. The zero-order valence-corrected chi connectivity index (χ0v) is 11.1. The standard InChI is InChI=1S/C15H21N3/c1-13(2)17-11-15-6-10-18(12-15)9-5-14-3-7-16-8-4-14/h3-4,6-8,10,12-13,17H,5,9,11H2,1-2H3. The van der Waals surface area contributed by atoms with Crippen LogP contribution in [0.2, 0.25) is 0 Å². The first-order chi connectivity index (χ1) is 8.74. The largest absolute Gasteiger partial charge is 0.354 e. The van der Waals surface area contributed by atoms with Gasteiger partial charge >= 0.3 is 0 Å². The van der Waals surface area contributed by atoms with Crippen molar-refractivity contribution in [3.63, 3.8) is 0 Å². The zero-order chi connectivity index (χ0) is 12.8. The van der Waals surface area contributed by atoms with Crippen molar-refractivity contribution >= 4 is 0 Å². The van der Waals surface area contributed by atoms with Crippen molar-refractivity contribution < 1.29 is 0 Å². The molecule has 3 heteroatoms. The average Bonchev–Trinajstić information content (AvgIpc) is 2.83. The number of aromatic nitrogens is 2. The Kier molecular flexibility index (Phi) is 4.53. The lowest BCUT2D eigenvalue weighted by atomic mass is 10.2. The predicted molar refractivity (Wildman–Crippen MR) is 74.3 cm³/mol. The maximum atomic E-state index is 4.03. The van der Waals surface area contributed by atoms with Crippen LogP contribution in [0.3, 0.4) is 0 Å². The minimum absolute atomic E-state index is 0.533. The summed E-state index contributed by atoms with van der Waals surface area (Å²) in [5.74, 6) is 0. The van der Waals surface area contributed by atoms with Crippen molar-refractivity contribution in [3.05, 3.63) is 54.1 Å². The summed E-state index contributed by atoms with van der Waals surface area (Å²) in [4.78, 5) is 4.03. The van der Waals surface area contributed by atoms with Crippen LogP contribution in [0, 0.1) is 0 Å². The van der Waals surface area contributed by atoms with Crippen LogP contribution in [-0.2, 0) is 19.5 Å². The first-order valence-corrected chi connectivity index (χ1v) is 6.51. The molecule has 0 atom stereocenters. The second kappa shape index (κ2) is 6.36. The fourth-order valence-corrected chi connectivity index (χ4v) is 1.86. The van der Waals surface area contributed by atoms with E-state index < -0.39 is 0 Å². The summed E-state index contributed by atoms with van der Waals surface area (Å²) in [6.07, 6.45) is 9.12. The normalized spacial score (nSPS) is 11.1. The fraction of sp³-hybridized carbons (Fsp3) is 0.400. The molecule has 2 rings (SSSR count). The van der Waals surface area contributed by atoms with Crippen LogP contribution in [0.5, 0.6) is 0 Å². The first-order valence-electron chi connectivity index (χ1n) is 6.51. The molecule has 96 valence electrons. The molecule has 18 heavy (non-hydrogen) atoms. The van der Waals surface area contributed by atoms with Gasteiger partial charge in [-0.3, -0.25) is 4.98 Å². The van der Waals surface area contributed by atoms with Crippen LogP contribution in [0.25, 0.3) is 0 Å². The van der Waals surface area contributed by atoms with Crippen molar-refractivity contribution in [2.24, 2.45) is 0 Å². The van der Waals surface area contributed by atoms with Crippen molar-refractivity contribution in [1.82, 2.24) is 14.9 Å². The minimum Gasteiger partial charge on any atom is -0.354 e. The molecule has 0 radical (unpaired) electrons. The van der Waals surface area contributed by atoms with Gasteiger partial charge in [-0.1, -0.05) is 13.8 Å². The Morgan fingerprint density at radius 3 is 2.67 bits per heavy atom. The van der Waals surface area contributed by atoms with Gasteiger partial charge < -0.3 is 9.88 Å². The average molecular weight is 243 g/mol. The van der Waals surface area contributed by atoms with Gasteiger partial charge in [-0.25, -0.2) is 0 Å². The molecular formula is C15H21N3. The van der Waals surface area contributed by atoms with Gasteiger partial charge in [0.1, 0.15) is 0 Å². The Labute approximate surface area is 109 Å². The van der Waals surface area contributed by atoms with E-state index in [0.717, 1.165) is 19.5 Å². The van der Waals surface area contributed by atoms with Crippen molar-refractivity contribution in [2.75, 3.05) is 0 Å². The Morgan fingerprint density at radius 2 is 1.94 bits per heavy atom. The molecule has 0 saturated heterocycles. The highest BCUT2D eigenvalue weighted by atomic mass is 14.9. The fourth-order valence-electron chi connectivity index (χ4n) is 1.86. The van der Waals surface area contributed by atoms with E-state index in [2.05, 4.69) is 59.3 Å². The number of aryl methyl sites for hydroxylation is 2. The van der Waals surface area contributed by atoms with E-state index in [0.29, 0.717) is 6.04 Å². The zero-order valence-electron chi connectivity index (χ0n) is 11.1. The molecule has 0 fully saturated rings. The van der Waals surface area contributed by atoms with E-state index in [4.69, 9.17) is 0 Å². The Hall–Kier alpha value is -1.61. The number of hydrogen-bond acceptors (Lipinski definition) is 2. The van der Waals surface area contributed by atoms with Crippen LogP contribution >= 0.6 is 0 Å². The van der Waals surface area contributed by atoms with Gasteiger partial charge in [0.2, 0.25) is 0 Å². The van der Waals surface area contributed by atoms with Crippen molar-refractivity contribution in [3.8, 4) is 0 Å². The van der Waals surface area contributed by atoms with Gasteiger partial charge in [-0.15, -0.1) is 0 Å². The van der Waals surface area contributed by atoms with Crippen LogP contribution in [0.1, 0.15) is 25.0 Å². The van der Waals surface area contributed by atoms with Gasteiger partial charge in [0.25, 0.3) is 0 Å². The summed E-state index contributed by atoms with van der Waals surface area (Å²) in [5.41, 5.74) is 2.68. The molecule has 0 amide bonds. The molecular weight excluding hydrogens is 222 g/mol. The lowest BCUT2D eigenvalue weighted by molar-refractivity contribution is 0.587. The molecule has 0 bridgehead atoms. The van der Waals surface area contributed by atoms with E-state index in [1.54, 1.807) is 0 Å². The number of nitrogens with zero attached hydrogens (tertiary/aromatic N) is 2. The molecule has 3 nitrogen and oxygen atoms in total. The molecule has 0 aromatic carbocycles. The molecule has 2 aromatic heterocycles. The second-order valence-corrected chi connectivity index (χ2v) is 4.90. The smallest absolute Gasteiger partial charge is 0.0270 e. The summed E-state index contributed by atoms with van der Waals surface area (Å²) < 4.78 is 2.25. The predicted octanol–water partition coefficient (Wildman–Crippen LogP) is 2.62. The first kappa shape index (κ1) is 12.8. The highest BCUT2D eigenvalue weighted by Crippen LogP contribution is 2.05. The molecule has 0 unspecified atom stereocenters. The van der Waals surface area contributed by atoms with Crippen LogP contribution < -0.4 is 5.32 Å². The molecule has 0 aliphatic heterocycles. The van der Waals surface area contributed by atoms with Crippen molar-refractivity contribution in [1.29, 1.82) is 0 Å². The van der Waals surface area contributed by atoms with Crippen LogP contribution in [0.15, 0.2) is 43.0 Å². The topological polar surface area (TPSA) is 29.9 Å². The molecule has 0 saturated carbocycles. The molecule has 0 aliphatic carbocycles. The van der Waals surface area contributed by atoms with Gasteiger partial charge in [-0.05, 0) is 35.7 Å².